The number of aliphatic carboxylic acids is 1. The van der Waals surface area contributed by atoms with Crippen LogP contribution in [0.25, 0.3) is 0 Å². The number of carboxylic acid groups (broad SMARTS) is 1. The lowest BCUT2D eigenvalue weighted by Gasteiger charge is -2.17. The number of hydrogen-bond acceptors (Lipinski definition) is 2. The number of carbonyl (C=O) groups excluding carboxylic acids is 1. The lowest BCUT2D eigenvalue weighted by atomic mass is 10.0. The highest BCUT2D eigenvalue weighted by Gasteiger charge is 2.41. The van der Waals surface area contributed by atoms with Gasteiger partial charge in [0, 0.05) is 6.54 Å². The van der Waals surface area contributed by atoms with E-state index in [-0.39, 0.29) is 17.4 Å². The Morgan fingerprint density at radius 1 is 1.41 bits per heavy atom. The van der Waals surface area contributed by atoms with Gasteiger partial charge in [0.05, 0.1) is 0 Å². The topological polar surface area (TPSA) is 78.4 Å². The summed E-state index contributed by atoms with van der Waals surface area (Å²) < 4.78 is 0. The highest BCUT2D eigenvalue weighted by atomic mass is 16.4. The van der Waals surface area contributed by atoms with E-state index in [0.29, 0.717) is 6.54 Å². The molecule has 1 unspecified atom stereocenters. The summed E-state index contributed by atoms with van der Waals surface area (Å²) in [6.07, 6.45) is 5.19. The minimum Gasteiger partial charge on any atom is -0.480 e. The number of carbonyl (C=O) groups is 2. The van der Waals surface area contributed by atoms with E-state index in [1.165, 1.54) is 0 Å². The predicted molar refractivity (Wildman–Crippen MR) is 62.6 cm³/mol. The number of carboxylic acids is 1. The average Bonchev–Trinajstić information content (AvgIpc) is 3.15. The Morgan fingerprint density at radius 3 is 2.47 bits per heavy atom. The van der Waals surface area contributed by atoms with Crippen molar-refractivity contribution in [2.24, 2.45) is 11.3 Å². The molecule has 0 aliphatic heterocycles. The van der Waals surface area contributed by atoms with Crippen LogP contribution in [0.5, 0.6) is 0 Å². The molecule has 0 heterocycles. The summed E-state index contributed by atoms with van der Waals surface area (Å²) in [5.41, 5.74) is 0.287. The summed E-state index contributed by atoms with van der Waals surface area (Å²) >= 11 is 0. The fourth-order valence-electron chi connectivity index (χ4n) is 2.10. The van der Waals surface area contributed by atoms with Gasteiger partial charge in [-0.2, -0.15) is 0 Å². The van der Waals surface area contributed by atoms with E-state index < -0.39 is 12.0 Å². The second-order valence-electron chi connectivity index (χ2n) is 5.33. The van der Waals surface area contributed by atoms with Gasteiger partial charge >= 0.3 is 12.0 Å². The first-order valence-electron chi connectivity index (χ1n) is 6.33. The van der Waals surface area contributed by atoms with Gasteiger partial charge in [-0.15, -0.1) is 0 Å². The molecule has 1 atom stereocenters. The Hall–Kier alpha value is -1.26. The quantitative estimate of drug-likeness (QED) is 0.655. The Labute approximate surface area is 101 Å². The normalized spacial score (nSPS) is 22.6. The molecule has 0 radical (unpaired) electrons. The first-order valence-corrected chi connectivity index (χ1v) is 6.33. The largest absolute Gasteiger partial charge is 0.480 e. The van der Waals surface area contributed by atoms with Crippen molar-refractivity contribution in [2.75, 3.05) is 6.54 Å². The summed E-state index contributed by atoms with van der Waals surface area (Å²) in [5, 5.41) is 14.3. The molecule has 2 fully saturated rings. The fraction of sp³-hybridized carbons (Fsp3) is 0.833. The molecule has 5 nitrogen and oxygen atoms in total. The van der Waals surface area contributed by atoms with E-state index in [1.807, 2.05) is 0 Å². The number of rotatable bonds is 6. The zero-order chi connectivity index (χ0) is 12.5. The lowest BCUT2D eigenvalue weighted by molar-refractivity contribution is -0.139. The highest BCUT2D eigenvalue weighted by molar-refractivity contribution is 5.83. The van der Waals surface area contributed by atoms with Crippen molar-refractivity contribution < 1.29 is 14.7 Å². The number of nitrogens with one attached hydrogen (secondary N) is 2. The van der Waals surface area contributed by atoms with Crippen LogP contribution in [0.4, 0.5) is 4.79 Å². The van der Waals surface area contributed by atoms with Gasteiger partial charge in [-0.1, -0.05) is 6.92 Å². The molecule has 3 N–H and O–H groups in total. The average molecular weight is 240 g/mol. The van der Waals surface area contributed by atoms with E-state index in [0.717, 1.165) is 32.1 Å². The van der Waals surface area contributed by atoms with Gasteiger partial charge in [0.25, 0.3) is 0 Å². The zero-order valence-corrected chi connectivity index (χ0v) is 10.2. The van der Waals surface area contributed by atoms with E-state index in [2.05, 4.69) is 17.6 Å². The van der Waals surface area contributed by atoms with E-state index in [4.69, 9.17) is 5.11 Å². The third-order valence-corrected chi connectivity index (χ3v) is 3.98. The van der Waals surface area contributed by atoms with Gasteiger partial charge < -0.3 is 15.7 Å². The lowest BCUT2D eigenvalue weighted by Crippen LogP contribution is -2.48. The van der Waals surface area contributed by atoms with Crippen molar-refractivity contribution in [3.63, 3.8) is 0 Å². The Bertz CT molecular complexity index is 322. The van der Waals surface area contributed by atoms with Gasteiger partial charge in [0.1, 0.15) is 6.04 Å². The third kappa shape index (κ3) is 3.11. The van der Waals surface area contributed by atoms with Crippen LogP contribution >= 0.6 is 0 Å². The maximum Gasteiger partial charge on any atom is 0.326 e. The first kappa shape index (κ1) is 12.2. The SMILES string of the molecule is CCC1(CNC(=O)NC(C(=O)O)C2CC2)CC1. The summed E-state index contributed by atoms with van der Waals surface area (Å²) in [4.78, 5) is 22.5. The molecule has 2 aliphatic carbocycles. The summed E-state index contributed by atoms with van der Waals surface area (Å²) in [7, 11) is 0. The minimum absolute atomic E-state index is 0.124. The number of urea groups is 1. The van der Waals surface area contributed by atoms with Crippen LogP contribution in [0, 0.1) is 11.3 Å². The summed E-state index contributed by atoms with van der Waals surface area (Å²) in [6, 6.07) is -1.06. The molecule has 0 aromatic carbocycles. The van der Waals surface area contributed by atoms with Crippen LogP contribution in [0.3, 0.4) is 0 Å². The van der Waals surface area contributed by atoms with E-state index in [1.54, 1.807) is 0 Å². The van der Waals surface area contributed by atoms with Crippen molar-refractivity contribution in [3.8, 4) is 0 Å². The van der Waals surface area contributed by atoms with Crippen LogP contribution in [0.15, 0.2) is 0 Å². The van der Waals surface area contributed by atoms with Gasteiger partial charge in [0.15, 0.2) is 0 Å². The number of amides is 2. The molecule has 2 rings (SSSR count). The van der Waals surface area contributed by atoms with Crippen LogP contribution < -0.4 is 10.6 Å². The Balaban J connectivity index is 1.74. The maximum absolute atomic E-state index is 11.6. The molecule has 17 heavy (non-hydrogen) atoms. The zero-order valence-electron chi connectivity index (χ0n) is 10.2. The summed E-state index contributed by atoms with van der Waals surface area (Å²) in [5.74, 6) is -0.807. The Morgan fingerprint density at radius 2 is 2.06 bits per heavy atom. The first-order chi connectivity index (χ1) is 8.06. The van der Waals surface area contributed by atoms with Crippen molar-refractivity contribution >= 4 is 12.0 Å². The van der Waals surface area contributed by atoms with Crippen molar-refractivity contribution in [1.29, 1.82) is 0 Å². The van der Waals surface area contributed by atoms with Crippen molar-refractivity contribution in [3.05, 3.63) is 0 Å². The molecule has 96 valence electrons. The van der Waals surface area contributed by atoms with Crippen LogP contribution in [0.1, 0.15) is 39.0 Å². The maximum atomic E-state index is 11.6. The standard InChI is InChI=1S/C12H20N2O3/c1-2-12(5-6-12)7-13-11(17)14-9(10(15)16)8-3-4-8/h8-9H,2-7H2,1H3,(H,15,16)(H2,13,14,17). The summed E-state index contributed by atoms with van der Waals surface area (Å²) in [6.45, 7) is 2.78. The molecular formula is C12H20N2O3. The molecule has 0 saturated heterocycles. The second kappa shape index (κ2) is 4.55. The van der Waals surface area contributed by atoms with Gasteiger partial charge in [-0.05, 0) is 43.4 Å². The number of hydrogen-bond donors (Lipinski definition) is 3. The van der Waals surface area contributed by atoms with Gasteiger partial charge in [0.2, 0.25) is 0 Å². The molecule has 0 bridgehead atoms. The monoisotopic (exact) mass is 240 g/mol. The molecule has 0 aromatic heterocycles. The fourth-order valence-corrected chi connectivity index (χ4v) is 2.10. The Kier molecular flexibility index (Phi) is 3.26. The minimum atomic E-state index is -0.931. The molecule has 0 spiro atoms. The van der Waals surface area contributed by atoms with Crippen LogP contribution in [-0.2, 0) is 4.79 Å². The molecule has 0 aromatic rings. The predicted octanol–water partition coefficient (Wildman–Crippen LogP) is 1.34. The molecule has 2 aliphatic rings. The second-order valence-corrected chi connectivity index (χ2v) is 5.33. The van der Waals surface area contributed by atoms with E-state index >= 15 is 0 Å². The third-order valence-electron chi connectivity index (χ3n) is 3.98. The van der Waals surface area contributed by atoms with Crippen LogP contribution in [-0.4, -0.2) is 29.7 Å². The molecule has 2 amide bonds. The van der Waals surface area contributed by atoms with Crippen LogP contribution in [0.2, 0.25) is 0 Å². The molecule has 2 saturated carbocycles. The van der Waals surface area contributed by atoms with Gasteiger partial charge in [-0.25, -0.2) is 9.59 Å². The smallest absolute Gasteiger partial charge is 0.326 e. The van der Waals surface area contributed by atoms with Gasteiger partial charge in [-0.3, -0.25) is 0 Å². The van der Waals surface area contributed by atoms with Crippen molar-refractivity contribution in [2.45, 2.75) is 45.1 Å². The van der Waals surface area contributed by atoms with E-state index in [9.17, 15) is 9.59 Å². The highest BCUT2D eigenvalue weighted by Crippen LogP contribution is 2.47. The molecule has 5 heteroatoms. The molecular weight excluding hydrogens is 220 g/mol. The van der Waals surface area contributed by atoms with Crippen molar-refractivity contribution in [1.82, 2.24) is 10.6 Å².